The second kappa shape index (κ2) is 7.15. The minimum absolute atomic E-state index is 0.0158. The first-order valence-corrected chi connectivity index (χ1v) is 7.96. The van der Waals surface area contributed by atoms with Crippen LogP contribution < -0.4 is 5.32 Å². The monoisotopic (exact) mass is 412 g/mol. The molecule has 0 saturated heterocycles. The molecule has 4 nitrogen and oxygen atoms in total. The summed E-state index contributed by atoms with van der Waals surface area (Å²) >= 11 is 7.00. The maximum Gasteiger partial charge on any atom is 0.272 e. The number of nitrogens with one attached hydrogen (secondary N) is 1. The average Bonchev–Trinajstić information content (AvgIpc) is 2.47. The molecule has 6 heteroatoms. The summed E-state index contributed by atoms with van der Waals surface area (Å²) in [5.74, 6) is 0. The molecule has 0 aliphatic heterocycles. The number of hydrogen-bond donors (Lipinski definition) is 1. The van der Waals surface area contributed by atoms with Crippen LogP contribution in [0.1, 0.15) is 17.2 Å². The van der Waals surface area contributed by atoms with Crippen molar-refractivity contribution in [3.63, 3.8) is 0 Å². The Hall–Kier alpha value is -1.24. The summed E-state index contributed by atoms with van der Waals surface area (Å²) in [5.41, 5.74) is 1.93. The Morgan fingerprint density at radius 2 is 1.95 bits per heavy atom. The smallest absolute Gasteiger partial charge is 0.272 e. The van der Waals surface area contributed by atoms with Gasteiger partial charge >= 0.3 is 0 Å². The van der Waals surface area contributed by atoms with E-state index in [0.29, 0.717) is 12.0 Å². The highest BCUT2D eigenvalue weighted by Crippen LogP contribution is 2.31. The molecule has 2 rings (SSSR count). The van der Waals surface area contributed by atoms with Gasteiger partial charge in [-0.3, -0.25) is 10.1 Å². The lowest BCUT2D eigenvalue weighted by Gasteiger charge is -2.18. The fourth-order valence-corrected chi connectivity index (χ4v) is 3.13. The van der Waals surface area contributed by atoms with E-state index in [1.165, 1.54) is 6.07 Å². The van der Waals surface area contributed by atoms with Crippen LogP contribution in [0.15, 0.2) is 51.4 Å². The summed E-state index contributed by atoms with van der Waals surface area (Å²) in [5, 5.41) is 14.3. The van der Waals surface area contributed by atoms with E-state index in [2.05, 4.69) is 37.2 Å². The molecule has 0 fully saturated rings. The standard InChI is InChI=1S/C15H14Br2N2O2/c1-18-14(12-9-11(16)6-7-13(12)17)8-10-4-2-3-5-15(10)19(20)21/h2-7,9,14,18H,8H2,1H3. The minimum Gasteiger partial charge on any atom is -0.313 e. The zero-order valence-electron chi connectivity index (χ0n) is 11.3. The van der Waals surface area contributed by atoms with Crippen molar-refractivity contribution in [3.05, 3.63) is 72.7 Å². The second-order valence-electron chi connectivity index (χ2n) is 4.60. The zero-order valence-corrected chi connectivity index (χ0v) is 14.5. The van der Waals surface area contributed by atoms with E-state index in [1.807, 2.05) is 31.3 Å². The first kappa shape index (κ1) is 16.1. The number of halogens is 2. The number of nitro groups is 1. The molecule has 110 valence electrons. The predicted octanol–water partition coefficient (Wildman–Crippen LogP) is 4.62. The van der Waals surface area contributed by atoms with Crippen molar-refractivity contribution in [3.8, 4) is 0 Å². The fourth-order valence-electron chi connectivity index (χ4n) is 2.23. The van der Waals surface area contributed by atoms with E-state index < -0.39 is 0 Å². The lowest BCUT2D eigenvalue weighted by atomic mass is 9.98. The highest BCUT2D eigenvalue weighted by Gasteiger charge is 2.19. The van der Waals surface area contributed by atoms with Crippen LogP contribution in [0.4, 0.5) is 5.69 Å². The number of para-hydroxylation sites is 1. The lowest BCUT2D eigenvalue weighted by Crippen LogP contribution is -2.19. The second-order valence-corrected chi connectivity index (χ2v) is 6.37. The summed E-state index contributed by atoms with van der Waals surface area (Å²) in [6.45, 7) is 0. The molecule has 0 radical (unpaired) electrons. The van der Waals surface area contributed by atoms with Crippen molar-refractivity contribution in [2.45, 2.75) is 12.5 Å². The molecular weight excluding hydrogens is 400 g/mol. The molecule has 1 N–H and O–H groups in total. The van der Waals surface area contributed by atoms with Crippen LogP contribution in [0, 0.1) is 10.1 Å². The number of likely N-dealkylation sites (N-methyl/N-ethyl adjacent to an activating group) is 1. The predicted molar refractivity (Wildman–Crippen MR) is 90.4 cm³/mol. The van der Waals surface area contributed by atoms with Crippen LogP contribution in [-0.4, -0.2) is 12.0 Å². The molecule has 0 aliphatic rings. The third kappa shape index (κ3) is 3.90. The third-order valence-corrected chi connectivity index (χ3v) is 4.51. The van der Waals surface area contributed by atoms with E-state index in [1.54, 1.807) is 12.1 Å². The van der Waals surface area contributed by atoms with E-state index >= 15 is 0 Å². The fraction of sp³-hybridized carbons (Fsp3) is 0.200. The Bertz CT molecular complexity index is 662. The molecule has 21 heavy (non-hydrogen) atoms. The topological polar surface area (TPSA) is 55.2 Å². The van der Waals surface area contributed by atoms with E-state index in [0.717, 1.165) is 14.5 Å². The molecule has 0 heterocycles. The molecule has 0 amide bonds. The molecule has 2 aromatic carbocycles. The third-order valence-electron chi connectivity index (χ3n) is 3.29. The van der Waals surface area contributed by atoms with Gasteiger partial charge in [-0.15, -0.1) is 0 Å². The Balaban J connectivity index is 2.36. The van der Waals surface area contributed by atoms with Crippen molar-refractivity contribution < 1.29 is 4.92 Å². The molecule has 0 spiro atoms. The Morgan fingerprint density at radius 1 is 1.24 bits per heavy atom. The van der Waals surface area contributed by atoms with E-state index in [-0.39, 0.29) is 16.7 Å². The van der Waals surface area contributed by atoms with Gasteiger partial charge in [0.25, 0.3) is 5.69 Å². The van der Waals surface area contributed by atoms with E-state index in [4.69, 9.17) is 0 Å². The highest BCUT2D eigenvalue weighted by molar-refractivity contribution is 9.11. The van der Waals surface area contributed by atoms with Crippen LogP contribution in [0.3, 0.4) is 0 Å². The molecule has 0 aliphatic carbocycles. The lowest BCUT2D eigenvalue weighted by molar-refractivity contribution is -0.385. The van der Waals surface area contributed by atoms with Gasteiger partial charge in [-0.25, -0.2) is 0 Å². The first-order valence-electron chi connectivity index (χ1n) is 6.37. The van der Waals surface area contributed by atoms with Crippen molar-refractivity contribution >= 4 is 37.5 Å². The molecule has 0 saturated carbocycles. The van der Waals surface area contributed by atoms with Crippen LogP contribution in [-0.2, 0) is 6.42 Å². The Kier molecular flexibility index (Phi) is 5.50. The quantitative estimate of drug-likeness (QED) is 0.574. The molecule has 2 aromatic rings. The van der Waals surface area contributed by atoms with Crippen molar-refractivity contribution in [1.82, 2.24) is 5.32 Å². The van der Waals surface area contributed by atoms with Crippen molar-refractivity contribution in [1.29, 1.82) is 0 Å². The summed E-state index contributed by atoms with van der Waals surface area (Å²) in [7, 11) is 1.85. The Labute approximate surface area is 140 Å². The first-order chi connectivity index (χ1) is 10.0. The largest absolute Gasteiger partial charge is 0.313 e. The maximum atomic E-state index is 11.1. The summed E-state index contributed by atoms with van der Waals surface area (Å²) in [6.07, 6.45) is 0.544. The van der Waals surface area contributed by atoms with E-state index in [9.17, 15) is 10.1 Å². The average molecular weight is 414 g/mol. The maximum absolute atomic E-state index is 11.1. The number of rotatable bonds is 5. The minimum atomic E-state index is -0.335. The highest BCUT2D eigenvalue weighted by atomic mass is 79.9. The summed E-state index contributed by atoms with van der Waals surface area (Å²) < 4.78 is 1.95. The van der Waals surface area contributed by atoms with Crippen LogP contribution in [0.5, 0.6) is 0 Å². The summed E-state index contributed by atoms with van der Waals surface area (Å²) in [6, 6.07) is 12.8. The van der Waals surface area contributed by atoms with Gasteiger partial charge < -0.3 is 5.32 Å². The number of nitrogens with zero attached hydrogens (tertiary/aromatic N) is 1. The van der Waals surface area contributed by atoms with Crippen LogP contribution >= 0.6 is 31.9 Å². The van der Waals surface area contributed by atoms with Gasteiger partial charge in [0.05, 0.1) is 4.92 Å². The van der Waals surface area contributed by atoms with Gasteiger partial charge in [0.15, 0.2) is 0 Å². The van der Waals surface area contributed by atoms with Crippen molar-refractivity contribution in [2.75, 3.05) is 7.05 Å². The van der Waals surface area contributed by atoms with Gasteiger partial charge in [0.1, 0.15) is 0 Å². The normalized spacial score (nSPS) is 12.1. The summed E-state index contributed by atoms with van der Waals surface area (Å²) in [4.78, 5) is 10.8. The zero-order chi connectivity index (χ0) is 15.4. The van der Waals surface area contributed by atoms with Gasteiger partial charge in [-0.2, -0.15) is 0 Å². The molecule has 0 bridgehead atoms. The van der Waals surface area contributed by atoms with Crippen LogP contribution in [0.25, 0.3) is 0 Å². The number of benzene rings is 2. The SMILES string of the molecule is CNC(Cc1ccccc1[N+](=O)[O-])c1cc(Br)ccc1Br. The van der Waals surface area contributed by atoms with Crippen molar-refractivity contribution in [2.24, 2.45) is 0 Å². The Morgan fingerprint density at radius 3 is 2.62 bits per heavy atom. The molecule has 1 unspecified atom stereocenters. The van der Waals surface area contributed by atoms with Gasteiger partial charge in [-0.05, 0) is 37.2 Å². The van der Waals surface area contributed by atoms with Gasteiger partial charge in [0.2, 0.25) is 0 Å². The molecular formula is C15H14Br2N2O2. The molecule has 1 atom stereocenters. The number of nitro benzene ring substituents is 1. The van der Waals surface area contributed by atoms with Gasteiger partial charge in [0, 0.05) is 26.6 Å². The van der Waals surface area contributed by atoms with Gasteiger partial charge in [-0.1, -0.05) is 50.1 Å². The molecule has 0 aromatic heterocycles. The van der Waals surface area contributed by atoms with Crippen LogP contribution in [0.2, 0.25) is 0 Å². The number of hydrogen-bond acceptors (Lipinski definition) is 3.